The topological polar surface area (TPSA) is 66.0 Å². The van der Waals surface area contributed by atoms with Gasteiger partial charge < -0.3 is 10.7 Å². The Morgan fingerprint density at radius 3 is 2.68 bits per heavy atom. The first-order chi connectivity index (χ1) is 13.7. The Morgan fingerprint density at radius 2 is 1.96 bits per heavy atom. The number of rotatable bonds is 5. The van der Waals surface area contributed by atoms with Gasteiger partial charge in [-0.15, -0.1) is 0 Å². The van der Waals surface area contributed by atoms with E-state index < -0.39 is 0 Å². The summed E-state index contributed by atoms with van der Waals surface area (Å²) in [6, 6.07) is 6.82. The van der Waals surface area contributed by atoms with Crippen LogP contribution < -0.4 is 16.2 Å². The summed E-state index contributed by atoms with van der Waals surface area (Å²) >= 11 is 0. The molecule has 0 atom stereocenters. The van der Waals surface area contributed by atoms with Crippen LogP contribution in [0.25, 0.3) is 16.5 Å². The second kappa shape index (κ2) is 7.21. The molecule has 2 heterocycles. The number of hydrogen-bond donors (Lipinski definition) is 3. The molecule has 28 heavy (non-hydrogen) atoms. The molecular weight excluding hydrogens is 348 g/mol. The van der Waals surface area contributed by atoms with Gasteiger partial charge in [0.2, 0.25) is 0 Å². The zero-order valence-electron chi connectivity index (χ0n) is 16.4. The van der Waals surface area contributed by atoms with E-state index in [1.165, 1.54) is 36.8 Å². The number of anilines is 1. The third-order valence-electron chi connectivity index (χ3n) is 6.44. The number of benzene rings is 1. The van der Waals surface area contributed by atoms with Gasteiger partial charge in [-0.1, -0.05) is 13.0 Å². The highest BCUT2D eigenvalue weighted by atomic mass is 16.1. The smallest absolute Gasteiger partial charge is 0.169 e. The van der Waals surface area contributed by atoms with Crippen LogP contribution >= 0.6 is 0 Å². The molecular formula is C23H28N4O. The van der Waals surface area contributed by atoms with Crippen LogP contribution in [0.2, 0.25) is 0 Å². The standard InChI is InChI=1S/C23H28N4O/c1-14-2-7-18(8-3-14)27-22-19-10-16(17-11-25-26-12-17)6-9-21(19)24-13-20(22)23(28)15-4-5-15/h6,9-11,13-15,18,25-26H,2-5,7-8,12H2,1H3,(H,24,27). The molecule has 2 fully saturated rings. The average molecular weight is 377 g/mol. The van der Waals surface area contributed by atoms with Crippen molar-refractivity contribution < 1.29 is 4.79 Å². The molecule has 0 bridgehead atoms. The Balaban J connectivity index is 1.57. The lowest BCUT2D eigenvalue weighted by Crippen LogP contribution is -2.26. The third-order valence-corrected chi connectivity index (χ3v) is 6.44. The summed E-state index contributed by atoms with van der Waals surface area (Å²) in [5.41, 5.74) is 11.3. The number of hydrogen-bond acceptors (Lipinski definition) is 5. The number of fused-ring (bicyclic) bond motifs is 1. The van der Waals surface area contributed by atoms with Crippen molar-refractivity contribution in [2.24, 2.45) is 11.8 Å². The number of carbonyl (C=O) groups excluding carboxylic acids is 1. The fourth-order valence-electron chi connectivity index (χ4n) is 4.43. The fourth-order valence-corrected chi connectivity index (χ4v) is 4.43. The van der Waals surface area contributed by atoms with E-state index in [9.17, 15) is 4.79 Å². The second-order valence-electron chi connectivity index (χ2n) is 8.69. The third kappa shape index (κ3) is 3.39. The highest BCUT2D eigenvalue weighted by Gasteiger charge is 2.33. The fraction of sp³-hybridized carbons (Fsp3) is 0.478. The predicted molar refractivity (Wildman–Crippen MR) is 113 cm³/mol. The molecule has 0 spiro atoms. The highest BCUT2D eigenvalue weighted by molar-refractivity contribution is 6.10. The van der Waals surface area contributed by atoms with Gasteiger partial charge >= 0.3 is 0 Å². The summed E-state index contributed by atoms with van der Waals surface area (Å²) in [7, 11) is 0. The van der Waals surface area contributed by atoms with Crippen molar-refractivity contribution in [3.05, 3.63) is 41.7 Å². The molecule has 1 aliphatic heterocycles. The van der Waals surface area contributed by atoms with Crippen molar-refractivity contribution in [1.29, 1.82) is 0 Å². The minimum atomic E-state index is 0.195. The van der Waals surface area contributed by atoms with E-state index in [-0.39, 0.29) is 11.7 Å². The van der Waals surface area contributed by atoms with Crippen LogP contribution in [0.1, 0.15) is 61.4 Å². The molecule has 0 unspecified atom stereocenters. The summed E-state index contributed by atoms with van der Waals surface area (Å²) < 4.78 is 0. The van der Waals surface area contributed by atoms with Crippen molar-refractivity contribution >= 4 is 27.9 Å². The summed E-state index contributed by atoms with van der Waals surface area (Å²) in [4.78, 5) is 17.6. The quantitative estimate of drug-likeness (QED) is 0.680. The minimum Gasteiger partial charge on any atom is -0.381 e. The first kappa shape index (κ1) is 17.7. The van der Waals surface area contributed by atoms with Crippen molar-refractivity contribution in [2.45, 2.75) is 51.5 Å². The van der Waals surface area contributed by atoms with Crippen molar-refractivity contribution in [3.8, 4) is 0 Å². The van der Waals surface area contributed by atoms with Crippen LogP contribution in [-0.2, 0) is 0 Å². The van der Waals surface area contributed by atoms with Crippen LogP contribution in [0.3, 0.4) is 0 Å². The van der Waals surface area contributed by atoms with E-state index in [4.69, 9.17) is 0 Å². The number of Topliss-reactive ketones (excluding diaryl/α,β-unsaturated/α-hetero) is 1. The van der Waals surface area contributed by atoms with Crippen LogP contribution in [-0.4, -0.2) is 23.4 Å². The number of pyridine rings is 1. The SMILES string of the molecule is CC1CCC(Nc2c(C(=O)C3CC3)cnc3ccc(C4=CNNC4)cc23)CC1. The van der Waals surface area contributed by atoms with Gasteiger partial charge in [-0.2, -0.15) is 0 Å². The summed E-state index contributed by atoms with van der Waals surface area (Å²) in [6.07, 6.45) is 10.7. The van der Waals surface area contributed by atoms with E-state index in [2.05, 4.69) is 46.3 Å². The van der Waals surface area contributed by atoms with Gasteiger partial charge in [0.15, 0.2) is 5.78 Å². The first-order valence-electron chi connectivity index (χ1n) is 10.6. The molecule has 0 amide bonds. The van der Waals surface area contributed by atoms with Crippen molar-refractivity contribution in [3.63, 3.8) is 0 Å². The molecule has 1 aromatic carbocycles. The Labute approximate surface area is 166 Å². The lowest BCUT2D eigenvalue weighted by atomic mass is 9.87. The van der Waals surface area contributed by atoms with Gasteiger partial charge in [0.1, 0.15) is 0 Å². The van der Waals surface area contributed by atoms with E-state index in [1.807, 2.05) is 6.20 Å². The average Bonchev–Trinajstić information content (AvgIpc) is 3.43. The largest absolute Gasteiger partial charge is 0.381 e. The molecule has 5 nitrogen and oxygen atoms in total. The number of nitrogens with one attached hydrogen (secondary N) is 3. The molecule has 3 aliphatic rings. The maximum Gasteiger partial charge on any atom is 0.169 e. The molecule has 0 saturated heterocycles. The molecule has 2 aromatic rings. The van der Waals surface area contributed by atoms with E-state index in [0.717, 1.165) is 47.5 Å². The zero-order chi connectivity index (χ0) is 19.1. The predicted octanol–water partition coefficient (Wildman–Crippen LogP) is 4.27. The van der Waals surface area contributed by atoms with Crippen molar-refractivity contribution in [2.75, 3.05) is 11.9 Å². The Hall–Kier alpha value is -2.40. The van der Waals surface area contributed by atoms with Gasteiger partial charge in [-0.3, -0.25) is 9.78 Å². The van der Waals surface area contributed by atoms with E-state index in [0.29, 0.717) is 6.04 Å². The zero-order valence-corrected chi connectivity index (χ0v) is 16.4. The number of hydrazine groups is 1. The van der Waals surface area contributed by atoms with Crippen molar-refractivity contribution in [1.82, 2.24) is 15.8 Å². The van der Waals surface area contributed by atoms with Crippen LogP contribution in [0.4, 0.5) is 5.69 Å². The molecule has 5 heteroatoms. The Kier molecular flexibility index (Phi) is 4.55. The van der Waals surface area contributed by atoms with Gasteiger partial charge in [0, 0.05) is 36.3 Å². The number of carbonyl (C=O) groups is 1. The summed E-state index contributed by atoms with van der Waals surface area (Å²) in [5.74, 6) is 1.26. The molecule has 5 rings (SSSR count). The van der Waals surface area contributed by atoms with Gasteiger partial charge in [0.05, 0.1) is 16.8 Å². The van der Waals surface area contributed by atoms with Gasteiger partial charge in [-0.25, -0.2) is 5.43 Å². The number of aromatic nitrogens is 1. The number of ketones is 1. The lowest BCUT2D eigenvalue weighted by Gasteiger charge is -2.29. The summed E-state index contributed by atoms with van der Waals surface area (Å²) in [5, 5.41) is 4.85. The number of nitrogens with zero attached hydrogens (tertiary/aromatic N) is 1. The maximum atomic E-state index is 13.0. The highest BCUT2D eigenvalue weighted by Crippen LogP contribution is 2.38. The molecule has 0 radical (unpaired) electrons. The van der Waals surface area contributed by atoms with Gasteiger partial charge in [-0.05, 0) is 67.7 Å². The molecule has 2 aliphatic carbocycles. The maximum absolute atomic E-state index is 13.0. The van der Waals surface area contributed by atoms with Crippen LogP contribution in [0.15, 0.2) is 30.6 Å². The van der Waals surface area contributed by atoms with E-state index in [1.54, 1.807) is 6.20 Å². The lowest BCUT2D eigenvalue weighted by molar-refractivity contribution is 0.0968. The Morgan fingerprint density at radius 1 is 1.14 bits per heavy atom. The summed E-state index contributed by atoms with van der Waals surface area (Å²) in [6.45, 7) is 3.13. The van der Waals surface area contributed by atoms with Crippen LogP contribution in [0, 0.1) is 11.8 Å². The molecule has 2 saturated carbocycles. The van der Waals surface area contributed by atoms with Crippen LogP contribution in [0.5, 0.6) is 0 Å². The normalized spacial score (nSPS) is 24.7. The Bertz CT molecular complexity index is 939. The second-order valence-corrected chi connectivity index (χ2v) is 8.69. The van der Waals surface area contributed by atoms with Gasteiger partial charge in [0.25, 0.3) is 0 Å². The van der Waals surface area contributed by atoms with E-state index >= 15 is 0 Å². The first-order valence-corrected chi connectivity index (χ1v) is 10.6. The monoisotopic (exact) mass is 376 g/mol. The molecule has 1 aromatic heterocycles. The molecule has 3 N–H and O–H groups in total. The minimum absolute atomic E-state index is 0.195. The molecule has 146 valence electrons.